The summed E-state index contributed by atoms with van der Waals surface area (Å²) < 4.78 is 10.2. The zero-order valence-corrected chi connectivity index (χ0v) is 14.6. The molecule has 2 aromatic rings. The number of methoxy groups -OCH3 is 2. The van der Waals surface area contributed by atoms with E-state index in [1.54, 1.807) is 20.4 Å². The Bertz CT molecular complexity index is 684. The number of hydrogen-bond acceptors (Lipinski definition) is 4. The van der Waals surface area contributed by atoms with Crippen LogP contribution in [0.15, 0.2) is 36.5 Å². The molecular weight excluding hydrogens is 304 g/mol. The Kier molecular flexibility index (Phi) is 6.32. The molecule has 128 valence electrons. The van der Waals surface area contributed by atoms with Crippen LogP contribution >= 0.6 is 0 Å². The van der Waals surface area contributed by atoms with E-state index >= 15 is 0 Å². The van der Waals surface area contributed by atoms with E-state index < -0.39 is 0 Å². The van der Waals surface area contributed by atoms with E-state index in [1.807, 2.05) is 44.2 Å². The van der Waals surface area contributed by atoms with Crippen molar-refractivity contribution >= 4 is 5.91 Å². The minimum atomic E-state index is -0.0879. The molecule has 0 aliphatic rings. The van der Waals surface area contributed by atoms with Crippen molar-refractivity contribution < 1.29 is 14.3 Å². The van der Waals surface area contributed by atoms with Crippen LogP contribution in [0, 0.1) is 6.92 Å². The van der Waals surface area contributed by atoms with Gasteiger partial charge in [-0.05, 0) is 36.6 Å². The standard InChI is InChI=1S/C19H24N2O3/c1-5-16(12-23-3)21-19(22)15-8-6-14(7-9-15)17-11-20-18(24-4)10-13(17)2/h6-11,16H,5,12H2,1-4H3,(H,21,22). The summed E-state index contributed by atoms with van der Waals surface area (Å²) in [5.74, 6) is 0.506. The number of aryl methyl sites for hydroxylation is 1. The van der Waals surface area contributed by atoms with Crippen LogP contribution in [0.25, 0.3) is 11.1 Å². The fourth-order valence-corrected chi connectivity index (χ4v) is 2.48. The summed E-state index contributed by atoms with van der Waals surface area (Å²) in [7, 11) is 3.23. The van der Waals surface area contributed by atoms with Gasteiger partial charge in [-0.15, -0.1) is 0 Å². The van der Waals surface area contributed by atoms with Crippen molar-refractivity contribution in [1.82, 2.24) is 10.3 Å². The molecule has 1 unspecified atom stereocenters. The first kappa shape index (κ1) is 17.9. The van der Waals surface area contributed by atoms with Crippen molar-refractivity contribution in [1.29, 1.82) is 0 Å². The van der Waals surface area contributed by atoms with Crippen LogP contribution < -0.4 is 10.1 Å². The van der Waals surface area contributed by atoms with E-state index in [1.165, 1.54) is 0 Å². The van der Waals surface area contributed by atoms with Crippen LogP contribution in [-0.4, -0.2) is 37.8 Å². The van der Waals surface area contributed by atoms with Crippen molar-refractivity contribution in [3.8, 4) is 17.0 Å². The molecule has 1 amide bonds. The topological polar surface area (TPSA) is 60.5 Å². The number of ether oxygens (including phenoxy) is 2. The van der Waals surface area contributed by atoms with Crippen LogP contribution in [0.3, 0.4) is 0 Å². The number of benzene rings is 1. The maximum Gasteiger partial charge on any atom is 0.251 e. The Hall–Kier alpha value is -2.40. The maximum atomic E-state index is 12.3. The van der Waals surface area contributed by atoms with Gasteiger partial charge in [0.1, 0.15) is 0 Å². The lowest BCUT2D eigenvalue weighted by Gasteiger charge is -2.16. The number of carbonyl (C=O) groups is 1. The summed E-state index contributed by atoms with van der Waals surface area (Å²) >= 11 is 0. The van der Waals surface area contributed by atoms with Gasteiger partial charge in [-0.2, -0.15) is 0 Å². The summed E-state index contributed by atoms with van der Waals surface area (Å²) in [6.45, 7) is 4.54. The lowest BCUT2D eigenvalue weighted by Crippen LogP contribution is -2.37. The number of carbonyl (C=O) groups excluding carboxylic acids is 1. The van der Waals surface area contributed by atoms with Gasteiger partial charge in [0.2, 0.25) is 5.88 Å². The number of hydrogen-bond donors (Lipinski definition) is 1. The second-order valence-corrected chi connectivity index (χ2v) is 5.65. The molecule has 0 spiro atoms. The Morgan fingerprint density at radius 1 is 1.25 bits per heavy atom. The van der Waals surface area contributed by atoms with Gasteiger partial charge < -0.3 is 14.8 Å². The van der Waals surface area contributed by atoms with Gasteiger partial charge in [-0.3, -0.25) is 4.79 Å². The van der Waals surface area contributed by atoms with Crippen LogP contribution in [0.5, 0.6) is 5.88 Å². The number of aromatic nitrogens is 1. The van der Waals surface area contributed by atoms with Gasteiger partial charge in [-0.25, -0.2) is 4.98 Å². The Balaban J connectivity index is 2.14. The zero-order chi connectivity index (χ0) is 17.5. The fraction of sp³-hybridized carbons (Fsp3) is 0.368. The fourth-order valence-electron chi connectivity index (χ4n) is 2.48. The maximum absolute atomic E-state index is 12.3. The molecule has 5 heteroatoms. The smallest absolute Gasteiger partial charge is 0.251 e. The van der Waals surface area contributed by atoms with E-state index in [-0.39, 0.29) is 11.9 Å². The third-order valence-corrected chi connectivity index (χ3v) is 3.95. The number of nitrogens with one attached hydrogen (secondary N) is 1. The van der Waals surface area contributed by atoms with E-state index in [0.29, 0.717) is 18.1 Å². The highest BCUT2D eigenvalue weighted by molar-refractivity contribution is 5.94. The van der Waals surface area contributed by atoms with Crippen LogP contribution in [0.1, 0.15) is 29.3 Å². The van der Waals surface area contributed by atoms with E-state index in [4.69, 9.17) is 9.47 Å². The third-order valence-electron chi connectivity index (χ3n) is 3.95. The number of pyridine rings is 1. The molecule has 5 nitrogen and oxygen atoms in total. The average Bonchev–Trinajstić information content (AvgIpc) is 2.61. The molecule has 1 N–H and O–H groups in total. The first-order chi connectivity index (χ1) is 11.6. The largest absolute Gasteiger partial charge is 0.481 e. The molecule has 0 radical (unpaired) electrons. The van der Waals surface area contributed by atoms with Gasteiger partial charge >= 0.3 is 0 Å². The summed E-state index contributed by atoms with van der Waals surface area (Å²) in [6, 6.07) is 9.44. The third kappa shape index (κ3) is 4.32. The SMILES string of the molecule is CCC(COC)NC(=O)c1ccc(-c2cnc(OC)cc2C)cc1. The predicted octanol–water partition coefficient (Wildman–Crippen LogP) is 3.22. The van der Waals surface area contributed by atoms with Gasteiger partial charge in [-0.1, -0.05) is 19.1 Å². The Morgan fingerprint density at radius 2 is 1.96 bits per heavy atom. The first-order valence-electron chi connectivity index (χ1n) is 7.99. The van der Waals surface area contributed by atoms with E-state index in [0.717, 1.165) is 23.1 Å². The van der Waals surface area contributed by atoms with Crippen molar-refractivity contribution in [3.05, 3.63) is 47.7 Å². The molecule has 1 aromatic carbocycles. The normalized spacial score (nSPS) is 11.8. The number of nitrogens with zero attached hydrogens (tertiary/aromatic N) is 1. The van der Waals surface area contributed by atoms with Gasteiger partial charge in [0.05, 0.1) is 19.8 Å². The summed E-state index contributed by atoms with van der Waals surface area (Å²) in [6.07, 6.45) is 2.61. The minimum absolute atomic E-state index is 0.0233. The highest BCUT2D eigenvalue weighted by Gasteiger charge is 2.12. The second-order valence-electron chi connectivity index (χ2n) is 5.65. The molecule has 1 aromatic heterocycles. The van der Waals surface area contributed by atoms with Crippen molar-refractivity contribution in [2.75, 3.05) is 20.8 Å². The lowest BCUT2D eigenvalue weighted by molar-refractivity contribution is 0.0894. The molecule has 0 saturated heterocycles. The predicted molar refractivity (Wildman–Crippen MR) is 94.4 cm³/mol. The van der Waals surface area contributed by atoms with Crippen molar-refractivity contribution in [2.24, 2.45) is 0 Å². The highest BCUT2D eigenvalue weighted by Crippen LogP contribution is 2.25. The molecule has 0 saturated carbocycles. The monoisotopic (exact) mass is 328 g/mol. The van der Waals surface area contributed by atoms with Crippen LogP contribution in [0.4, 0.5) is 0 Å². The molecule has 2 rings (SSSR count). The quantitative estimate of drug-likeness (QED) is 0.848. The van der Waals surface area contributed by atoms with Gasteiger partial charge in [0.15, 0.2) is 0 Å². The summed E-state index contributed by atoms with van der Waals surface area (Å²) in [4.78, 5) is 16.5. The van der Waals surface area contributed by atoms with Gasteiger partial charge in [0.25, 0.3) is 5.91 Å². The number of rotatable bonds is 7. The molecule has 0 aliphatic carbocycles. The van der Waals surface area contributed by atoms with E-state index in [2.05, 4.69) is 10.3 Å². The lowest BCUT2D eigenvalue weighted by atomic mass is 10.0. The molecule has 1 atom stereocenters. The van der Waals surface area contributed by atoms with E-state index in [9.17, 15) is 4.79 Å². The second kappa shape index (κ2) is 8.45. The highest BCUT2D eigenvalue weighted by atomic mass is 16.5. The molecule has 0 aliphatic heterocycles. The summed E-state index contributed by atoms with van der Waals surface area (Å²) in [5.41, 5.74) is 3.74. The Morgan fingerprint density at radius 3 is 2.50 bits per heavy atom. The molecule has 0 bridgehead atoms. The molecular formula is C19H24N2O3. The first-order valence-corrected chi connectivity index (χ1v) is 7.99. The van der Waals surface area contributed by atoms with Crippen molar-refractivity contribution in [2.45, 2.75) is 26.3 Å². The molecule has 24 heavy (non-hydrogen) atoms. The van der Waals surface area contributed by atoms with Crippen LogP contribution in [0.2, 0.25) is 0 Å². The van der Waals surface area contributed by atoms with Crippen LogP contribution in [-0.2, 0) is 4.74 Å². The molecule has 0 fully saturated rings. The zero-order valence-electron chi connectivity index (χ0n) is 14.6. The average molecular weight is 328 g/mol. The number of amides is 1. The summed E-state index contributed by atoms with van der Waals surface area (Å²) in [5, 5.41) is 2.98. The van der Waals surface area contributed by atoms with Crippen molar-refractivity contribution in [3.63, 3.8) is 0 Å². The minimum Gasteiger partial charge on any atom is -0.481 e. The molecule has 1 heterocycles. The van der Waals surface area contributed by atoms with Gasteiger partial charge in [0, 0.05) is 30.5 Å². The Labute approximate surface area is 143 Å².